The van der Waals surface area contributed by atoms with Gasteiger partial charge in [-0.25, -0.2) is 0 Å². The van der Waals surface area contributed by atoms with Crippen molar-refractivity contribution in [1.82, 2.24) is 0 Å². The van der Waals surface area contributed by atoms with Gasteiger partial charge in [-0.05, 0) is 25.0 Å². The number of piperidine rings is 1. The van der Waals surface area contributed by atoms with E-state index in [1.807, 2.05) is 0 Å². The molecule has 1 amide bonds. The lowest BCUT2D eigenvalue weighted by Crippen LogP contribution is -2.44. The Morgan fingerprint density at radius 3 is 2.89 bits per heavy atom. The van der Waals surface area contributed by atoms with Crippen molar-refractivity contribution in [2.45, 2.75) is 19.3 Å². The van der Waals surface area contributed by atoms with Crippen molar-refractivity contribution in [3.8, 4) is 6.07 Å². The SMILES string of the molecule is N#CCC(=O)[C@@H]1CCCN(c2ccccc2Cl)C1=O. The Balaban J connectivity index is 2.24. The standard InChI is InChI=1S/C14H13ClN2O2/c15-11-5-1-2-6-12(11)17-9-3-4-10(14(17)19)13(18)7-8-16/h1-2,5-6,10H,3-4,7,9H2/t10-/m0/s1. The number of amides is 1. The van der Waals surface area contributed by atoms with Gasteiger partial charge in [0.25, 0.3) is 0 Å². The fraction of sp³-hybridized carbons (Fsp3) is 0.357. The molecule has 1 heterocycles. The van der Waals surface area contributed by atoms with Crippen LogP contribution in [0.1, 0.15) is 19.3 Å². The molecule has 5 heteroatoms. The summed E-state index contributed by atoms with van der Waals surface area (Å²) in [5.74, 6) is -1.26. The maximum Gasteiger partial charge on any atom is 0.237 e. The van der Waals surface area contributed by atoms with Gasteiger partial charge >= 0.3 is 0 Å². The summed E-state index contributed by atoms with van der Waals surface area (Å²) >= 11 is 6.08. The van der Waals surface area contributed by atoms with E-state index in [4.69, 9.17) is 16.9 Å². The number of anilines is 1. The predicted octanol–water partition coefficient (Wildman–Crippen LogP) is 2.57. The van der Waals surface area contributed by atoms with Crippen LogP contribution >= 0.6 is 11.6 Å². The van der Waals surface area contributed by atoms with E-state index in [0.29, 0.717) is 23.7 Å². The lowest BCUT2D eigenvalue weighted by molar-refractivity contribution is -0.133. The Bertz CT molecular complexity index is 551. The predicted molar refractivity (Wildman–Crippen MR) is 71.8 cm³/mol. The highest BCUT2D eigenvalue weighted by Gasteiger charge is 2.34. The number of nitriles is 1. The molecule has 19 heavy (non-hydrogen) atoms. The van der Waals surface area contributed by atoms with Crippen molar-refractivity contribution in [3.63, 3.8) is 0 Å². The Morgan fingerprint density at radius 2 is 2.21 bits per heavy atom. The van der Waals surface area contributed by atoms with Gasteiger partial charge in [-0.3, -0.25) is 9.59 Å². The molecule has 1 aliphatic rings. The summed E-state index contributed by atoms with van der Waals surface area (Å²) in [6, 6.07) is 8.87. The van der Waals surface area contributed by atoms with Crippen molar-refractivity contribution in [2.24, 2.45) is 5.92 Å². The highest BCUT2D eigenvalue weighted by molar-refractivity contribution is 6.34. The number of para-hydroxylation sites is 1. The van der Waals surface area contributed by atoms with Gasteiger partial charge in [-0.2, -0.15) is 5.26 Å². The number of hydrogen-bond donors (Lipinski definition) is 0. The van der Waals surface area contributed by atoms with E-state index in [1.54, 1.807) is 35.2 Å². The van der Waals surface area contributed by atoms with Crippen LogP contribution in [0.4, 0.5) is 5.69 Å². The van der Waals surface area contributed by atoms with E-state index in [9.17, 15) is 9.59 Å². The molecule has 0 radical (unpaired) electrons. The molecule has 0 spiro atoms. The van der Waals surface area contributed by atoms with E-state index in [-0.39, 0.29) is 18.1 Å². The first-order valence-electron chi connectivity index (χ1n) is 6.10. The second kappa shape index (κ2) is 5.85. The molecule has 1 aliphatic heterocycles. The van der Waals surface area contributed by atoms with Crippen LogP contribution in [-0.2, 0) is 9.59 Å². The van der Waals surface area contributed by atoms with Crippen LogP contribution in [0.3, 0.4) is 0 Å². The first-order valence-corrected chi connectivity index (χ1v) is 6.48. The smallest absolute Gasteiger partial charge is 0.237 e. The summed E-state index contributed by atoms with van der Waals surface area (Å²) in [6.45, 7) is 0.554. The third-order valence-electron chi connectivity index (χ3n) is 3.22. The summed E-state index contributed by atoms with van der Waals surface area (Å²) in [5, 5.41) is 9.05. The molecule has 0 aliphatic carbocycles. The van der Waals surface area contributed by atoms with Crippen LogP contribution in [0.25, 0.3) is 0 Å². The van der Waals surface area contributed by atoms with Crippen LogP contribution in [-0.4, -0.2) is 18.2 Å². The average molecular weight is 277 g/mol. The molecular formula is C14H13ClN2O2. The number of hydrogen-bond acceptors (Lipinski definition) is 3. The number of benzene rings is 1. The van der Waals surface area contributed by atoms with E-state index >= 15 is 0 Å². The summed E-state index contributed by atoms with van der Waals surface area (Å²) < 4.78 is 0. The van der Waals surface area contributed by atoms with Gasteiger partial charge in [0, 0.05) is 6.54 Å². The number of rotatable bonds is 3. The van der Waals surface area contributed by atoms with Crippen LogP contribution < -0.4 is 4.90 Å². The molecule has 1 aromatic carbocycles. The van der Waals surface area contributed by atoms with Crippen molar-refractivity contribution in [2.75, 3.05) is 11.4 Å². The summed E-state index contributed by atoms with van der Waals surface area (Å²) in [6.07, 6.45) is 1.03. The topological polar surface area (TPSA) is 61.2 Å². The molecular weight excluding hydrogens is 264 g/mol. The van der Waals surface area contributed by atoms with Gasteiger partial charge in [0.15, 0.2) is 5.78 Å². The van der Waals surface area contributed by atoms with Gasteiger partial charge in [0.1, 0.15) is 0 Å². The van der Waals surface area contributed by atoms with Crippen LogP contribution in [0, 0.1) is 17.2 Å². The largest absolute Gasteiger partial charge is 0.310 e. The zero-order chi connectivity index (χ0) is 13.8. The van der Waals surface area contributed by atoms with Crippen molar-refractivity contribution < 1.29 is 9.59 Å². The lowest BCUT2D eigenvalue weighted by atomic mass is 9.91. The molecule has 1 aromatic rings. The second-order valence-electron chi connectivity index (χ2n) is 4.44. The molecule has 4 nitrogen and oxygen atoms in total. The van der Waals surface area contributed by atoms with Crippen LogP contribution in [0.15, 0.2) is 24.3 Å². The molecule has 98 valence electrons. The molecule has 0 saturated carbocycles. The molecule has 1 fully saturated rings. The quantitative estimate of drug-likeness (QED) is 0.797. The monoisotopic (exact) mass is 276 g/mol. The first-order chi connectivity index (χ1) is 9.15. The third kappa shape index (κ3) is 2.77. The normalized spacial score (nSPS) is 19.1. The van der Waals surface area contributed by atoms with E-state index in [0.717, 1.165) is 6.42 Å². The van der Waals surface area contributed by atoms with Gasteiger partial charge in [-0.1, -0.05) is 23.7 Å². The minimum Gasteiger partial charge on any atom is -0.310 e. The van der Waals surface area contributed by atoms with Gasteiger partial charge in [0.05, 0.1) is 29.1 Å². The number of nitrogens with zero attached hydrogens (tertiary/aromatic N) is 2. The fourth-order valence-electron chi connectivity index (χ4n) is 2.28. The second-order valence-corrected chi connectivity index (χ2v) is 4.84. The zero-order valence-corrected chi connectivity index (χ0v) is 11.1. The number of ketones is 1. The maximum absolute atomic E-state index is 12.3. The Hall–Kier alpha value is -1.86. The average Bonchev–Trinajstić information content (AvgIpc) is 2.40. The van der Waals surface area contributed by atoms with Gasteiger partial charge < -0.3 is 4.90 Å². The zero-order valence-electron chi connectivity index (χ0n) is 10.3. The molecule has 0 unspecified atom stereocenters. The Labute approximate surface area is 116 Å². The molecule has 0 N–H and O–H groups in total. The van der Waals surface area contributed by atoms with Crippen molar-refractivity contribution in [1.29, 1.82) is 5.26 Å². The molecule has 0 bridgehead atoms. The number of Topliss-reactive ketones (excluding diaryl/α,β-unsaturated/α-hetero) is 1. The van der Waals surface area contributed by atoms with Crippen LogP contribution in [0.5, 0.6) is 0 Å². The minimum absolute atomic E-state index is 0.216. The molecule has 1 atom stereocenters. The number of carbonyl (C=O) groups is 2. The van der Waals surface area contributed by atoms with Crippen LogP contribution in [0.2, 0.25) is 5.02 Å². The van der Waals surface area contributed by atoms with E-state index < -0.39 is 5.92 Å². The number of carbonyl (C=O) groups excluding carboxylic acids is 2. The Kier molecular flexibility index (Phi) is 4.18. The van der Waals surface area contributed by atoms with E-state index in [2.05, 4.69) is 0 Å². The first kappa shape index (κ1) is 13.6. The third-order valence-corrected chi connectivity index (χ3v) is 3.54. The molecule has 1 saturated heterocycles. The molecule has 2 rings (SSSR count). The summed E-state index contributed by atoms with van der Waals surface area (Å²) in [7, 11) is 0. The molecule has 0 aromatic heterocycles. The number of halogens is 1. The van der Waals surface area contributed by atoms with Gasteiger partial charge in [-0.15, -0.1) is 0 Å². The van der Waals surface area contributed by atoms with Gasteiger partial charge in [0.2, 0.25) is 5.91 Å². The highest BCUT2D eigenvalue weighted by Crippen LogP contribution is 2.30. The maximum atomic E-state index is 12.3. The minimum atomic E-state index is -0.704. The summed E-state index contributed by atoms with van der Waals surface area (Å²) in [5.41, 5.74) is 0.628. The van der Waals surface area contributed by atoms with Crippen molar-refractivity contribution >= 4 is 29.0 Å². The highest BCUT2D eigenvalue weighted by atomic mass is 35.5. The fourth-order valence-corrected chi connectivity index (χ4v) is 2.52. The van der Waals surface area contributed by atoms with Crippen molar-refractivity contribution in [3.05, 3.63) is 29.3 Å². The lowest BCUT2D eigenvalue weighted by Gasteiger charge is -2.31. The van der Waals surface area contributed by atoms with E-state index in [1.165, 1.54) is 0 Å². The Morgan fingerprint density at radius 1 is 1.47 bits per heavy atom. The summed E-state index contributed by atoms with van der Waals surface area (Å²) in [4.78, 5) is 25.6.